The molecule has 4 aromatic rings. The summed E-state index contributed by atoms with van der Waals surface area (Å²) in [5.74, 6) is -0.942. The number of carbonyl (C=O) groups is 2. The molecule has 0 aliphatic carbocycles. The Kier molecular flexibility index (Phi) is 11.3. The van der Waals surface area contributed by atoms with Crippen LogP contribution in [0.4, 0.5) is 5.69 Å². The van der Waals surface area contributed by atoms with Gasteiger partial charge in [0.15, 0.2) is 0 Å². The number of aryl methyl sites for hydroxylation is 2. The molecule has 0 saturated heterocycles. The van der Waals surface area contributed by atoms with Crippen molar-refractivity contribution in [1.82, 2.24) is 10.2 Å². The second kappa shape index (κ2) is 15.0. The zero-order valence-electron chi connectivity index (χ0n) is 25.7. The van der Waals surface area contributed by atoms with Crippen molar-refractivity contribution in [1.29, 1.82) is 0 Å². The van der Waals surface area contributed by atoms with E-state index in [9.17, 15) is 18.0 Å². The van der Waals surface area contributed by atoms with E-state index in [0.717, 1.165) is 21.0 Å². The quantitative estimate of drug-likeness (QED) is 0.177. The van der Waals surface area contributed by atoms with Gasteiger partial charge in [-0.05, 0) is 74.7 Å². The highest BCUT2D eigenvalue weighted by Gasteiger charge is 2.35. The van der Waals surface area contributed by atoms with E-state index >= 15 is 0 Å². The Morgan fingerprint density at radius 2 is 1.47 bits per heavy atom. The van der Waals surface area contributed by atoms with Crippen molar-refractivity contribution in [2.45, 2.75) is 57.6 Å². The van der Waals surface area contributed by atoms with Gasteiger partial charge in [-0.1, -0.05) is 95.5 Å². The summed E-state index contributed by atoms with van der Waals surface area (Å²) in [5, 5.41) is 3.72. The molecule has 0 fully saturated rings. The Morgan fingerprint density at radius 3 is 2.09 bits per heavy atom. The molecule has 0 unspecified atom stereocenters. The molecule has 0 saturated carbocycles. The summed E-state index contributed by atoms with van der Waals surface area (Å²) in [6.07, 6.45) is 0.205. The van der Waals surface area contributed by atoms with E-state index in [2.05, 4.69) is 5.32 Å². The fourth-order valence-corrected chi connectivity index (χ4v) is 6.62. The molecular weight excluding hydrogens is 629 g/mol. The molecule has 0 aliphatic heterocycles. The van der Waals surface area contributed by atoms with Crippen LogP contribution < -0.4 is 9.62 Å². The molecule has 0 heterocycles. The molecule has 0 spiro atoms. The van der Waals surface area contributed by atoms with Crippen molar-refractivity contribution in [3.05, 3.63) is 129 Å². The maximum absolute atomic E-state index is 14.5. The SMILES string of the molecule is Cc1ccc(S(=O)(=O)N(CC(=O)N(Cc2ccccc2Cl)[C@H](Cc2ccccc2)C(=O)NC(C)C)c2ccc(C)c(Cl)c2)cc1. The number of anilines is 1. The minimum absolute atomic E-state index is 0.0193. The van der Waals surface area contributed by atoms with Gasteiger partial charge in [-0.15, -0.1) is 0 Å². The molecule has 1 atom stereocenters. The van der Waals surface area contributed by atoms with Gasteiger partial charge in [-0.2, -0.15) is 0 Å². The van der Waals surface area contributed by atoms with E-state index in [1.165, 1.54) is 23.1 Å². The van der Waals surface area contributed by atoms with Crippen molar-refractivity contribution in [3.8, 4) is 0 Å². The van der Waals surface area contributed by atoms with Crippen LogP contribution in [-0.2, 0) is 32.6 Å². The van der Waals surface area contributed by atoms with E-state index < -0.39 is 28.5 Å². The molecular formula is C35H37Cl2N3O4S. The van der Waals surface area contributed by atoms with Crippen molar-refractivity contribution >= 4 is 50.7 Å². The van der Waals surface area contributed by atoms with Crippen LogP contribution in [0.5, 0.6) is 0 Å². The largest absolute Gasteiger partial charge is 0.352 e. The smallest absolute Gasteiger partial charge is 0.264 e. The molecule has 10 heteroatoms. The molecule has 0 aliphatic rings. The molecule has 2 amide bonds. The molecule has 4 rings (SSSR count). The first kappa shape index (κ1) is 34.0. The van der Waals surface area contributed by atoms with E-state index in [1.54, 1.807) is 48.5 Å². The number of hydrogen-bond donors (Lipinski definition) is 1. The topological polar surface area (TPSA) is 86.8 Å². The van der Waals surface area contributed by atoms with Crippen LogP contribution in [0.2, 0.25) is 10.0 Å². The first-order valence-corrected chi connectivity index (χ1v) is 16.8. The summed E-state index contributed by atoms with van der Waals surface area (Å²) in [7, 11) is -4.23. The van der Waals surface area contributed by atoms with E-state index in [-0.39, 0.29) is 35.5 Å². The van der Waals surface area contributed by atoms with Crippen LogP contribution >= 0.6 is 23.2 Å². The minimum Gasteiger partial charge on any atom is -0.352 e. The first-order valence-electron chi connectivity index (χ1n) is 14.6. The summed E-state index contributed by atoms with van der Waals surface area (Å²) in [6, 6.07) is 26.5. The molecule has 0 bridgehead atoms. The Hall–Kier alpha value is -3.85. The van der Waals surface area contributed by atoms with E-state index in [4.69, 9.17) is 23.2 Å². The molecule has 0 radical (unpaired) electrons. The molecule has 0 aromatic heterocycles. The van der Waals surface area contributed by atoms with Crippen LogP contribution in [-0.4, -0.2) is 43.8 Å². The van der Waals surface area contributed by atoms with Gasteiger partial charge in [-0.3, -0.25) is 13.9 Å². The fourth-order valence-electron chi connectivity index (χ4n) is 4.85. The number of hydrogen-bond acceptors (Lipinski definition) is 4. The highest BCUT2D eigenvalue weighted by Crippen LogP contribution is 2.29. The normalized spacial score (nSPS) is 12.1. The molecule has 236 valence electrons. The Morgan fingerprint density at radius 1 is 0.822 bits per heavy atom. The van der Waals surface area contributed by atoms with Gasteiger partial charge in [0, 0.05) is 29.1 Å². The summed E-state index contributed by atoms with van der Waals surface area (Å²) in [4.78, 5) is 29.7. The average Bonchev–Trinajstić information content (AvgIpc) is 3.00. The number of halogens is 2. The van der Waals surface area contributed by atoms with Crippen LogP contribution in [0, 0.1) is 13.8 Å². The predicted molar refractivity (Wildman–Crippen MR) is 181 cm³/mol. The van der Waals surface area contributed by atoms with Gasteiger partial charge in [0.05, 0.1) is 10.6 Å². The van der Waals surface area contributed by atoms with Crippen LogP contribution in [0.1, 0.15) is 36.1 Å². The summed E-state index contributed by atoms with van der Waals surface area (Å²) >= 11 is 13.0. The van der Waals surface area contributed by atoms with Crippen molar-refractivity contribution in [2.24, 2.45) is 0 Å². The highest BCUT2D eigenvalue weighted by atomic mass is 35.5. The van der Waals surface area contributed by atoms with Crippen molar-refractivity contribution in [3.63, 3.8) is 0 Å². The lowest BCUT2D eigenvalue weighted by molar-refractivity contribution is -0.140. The first-order chi connectivity index (χ1) is 21.4. The van der Waals surface area contributed by atoms with Gasteiger partial charge in [0.1, 0.15) is 12.6 Å². The average molecular weight is 667 g/mol. The van der Waals surface area contributed by atoms with Gasteiger partial charge < -0.3 is 10.2 Å². The number of sulfonamides is 1. The lowest BCUT2D eigenvalue weighted by atomic mass is 10.0. The lowest BCUT2D eigenvalue weighted by Gasteiger charge is -2.34. The number of amides is 2. The predicted octanol–water partition coefficient (Wildman–Crippen LogP) is 6.97. The standard InChI is InChI=1S/C35H37Cl2N3O4S/c1-24(2)38-35(42)33(20-27-10-6-5-7-11-27)39(22-28-12-8-9-13-31(28)36)34(41)23-40(29-17-16-26(4)32(37)21-29)45(43,44)30-18-14-25(3)15-19-30/h5-19,21,24,33H,20,22-23H2,1-4H3,(H,38,42)/t33-/m1/s1. The van der Waals surface area contributed by atoms with Gasteiger partial charge in [0.2, 0.25) is 11.8 Å². The number of carbonyl (C=O) groups excluding carboxylic acids is 2. The molecule has 1 N–H and O–H groups in total. The highest BCUT2D eigenvalue weighted by molar-refractivity contribution is 7.92. The molecule has 45 heavy (non-hydrogen) atoms. The number of nitrogens with zero attached hydrogens (tertiary/aromatic N) is 2. The summed E-state index contributed by atoms with van der Waals surface area (Å²) < 4.78 is 29.4. The van der Waals surface area contributed by atoms with Crippen molar-refractivity contribution in [2.75, 3.05) is 10.8 Å². The number of nitrogens with one attached hydrogen (secondary N) is 1. The lowest BCUT2D eigenvalue weighted by Crippen LogP contribution is -2.54. The Labute approximate surface area is 275 Å². The molecule has 4 aromatic carbocycles. The van der Waals surface area contributed by atoms with E-state index in [1.807, 2.05) is 58.0 Å². The summed E-state index contributed by atoms with van der Waals surface area (Å²) in [6.45, 7) is 6.75. The molecule has 7 nitrogen and oxygen atoms in total. The zero-order chi connectivity index (χ0) is 32.7. The van der Waals surface area contributed by atoms with Gasteiger partial charge in [-0.25, -0.2) is 8.42 Å². The fraction of sp³-hybridized carbons (Fsp3) is 0.257. The number of benzene rings is 4. The maximum atomic E-state index is 14.5. The van der Waals surface area contributed by atoms with E-state index in [0.29, 0.717) is 15.6 Å². The third-order valence-corrected chi connectivity index (χ3v) is 9.90. The van der Waals surface area contributed by atoms with Crippen LogP contribution in [0.3, 0.4) is 0 Å². The van der Waals surface area contributed by atoms with Crippen LogP contribution in [0.15, 0.2) is 102 Å². The van der Waals surface area contributed by atoms with Crippen molar-refractivity contribution < 1.29 is 18.0 Å². The third kappa shape index (κ3) is 8.66. The van der Waals surface area contributed by atoms with Crippen LogP contribution in [0.25, 0.3) is 0 Å². The Bertz CT molecular complexity index is 1750. The zero-order valence-corrected chi connectivity index (χ0v) is 28.0. The maximum Gasteiger partial charge on any atom is 0.264 e. The van der Waals surface area contributed by atoms with Gasteiger partial charge >= 0.3 is 0 Å². The third-order valence-electron chi connectivity index (χ3n) is 7.33. The Balaban J connectivity index is 1.83. The second-order valence-corrected chi connectivity index (χ2v) is 13.9. The monoisotopic (exact) mass is 665 g/mol. The number of rotatable bonds is 12. The minimum atomic E-state index is -4.23. The van der Waals surface area contributed by atoms with Gasteiger partial charge in [0.25, 0.3) is 10.0 Å². The second-order valence-electron chi connectivity index (χ2n) is 11.2. The summed E-state index contributed by atoms with van der Waals surface area (Å²) in [5.41, 5.74) is 3.33.